The maximum absolute atomic E-state index is 11.7. The number of hydrogen-bond acceptors (Lipinski definition) is 1. The number of ketones is 1. The summed E-state index contributed by atoms with van der Waals surface area (Å²) in [5.74, 6) is 0.0277. The van der Waals surface area contributed by atoms with Gasteiger partial charge in [0.15, 0.2) is 5.78 Å². The van der Waals surface area contributed by atoms with Crippen molar-refractivity contribution in [3.05, 3.63) is 66.3 Å². The van der Waals surface area contributed by atoms with Crippen molar-refractivity contribution in [3.63, 3.8) is 0 Å². The van der Waals surface area contributed by atoms with E-state index in [4.69, 9.17) is 1.37 Å². The smallest absolute Gasteiger partial charge is 0.161 e. The molecule has 0 unspecified atom stereocenters. The van der Waals surface area contributed by atoms with Gasteiger partial charge in [-0.3, -0.25) is 4.79 Å². The molecule has 0 aliphatic carbocycles. The number of carbonyl (C=O) groups excluding carboxylic acids is 1. The van der Waals surface area contributed by atoms with Crippen LogP contribution < -0.4 is 0 Å². The topological polar surface area (TPSA) is 22.0 Å². The average Bonchev–Trinajstić information content (AvgIpc) is 2.77. The first-order valence-electron chi connectivity index (χ1n) is 6.35. The maximum atomic E-state index is 11.7. The van der Waals surface area contributed by atoms with Crippen LogP contribution >= 0.6 is 0 Å². The molecule has 0 amide bonds. The number of rotatable bonds is 2. The molecule has 0 spiro atoms. The fraction of sp³-hybridized carbons (Fsp3) is 0.0625. The number of fused-ring (bicyclic) bond motifs is 1. The Morgan fingerprint density at radius 2 is 1.83 bits per heavy atom. The molecular formula is C16H13NO. The second kappa shape index (κ2) is 4.15. The van der Waals surface area contributed by atoms with Crippen molar-refractivity contribution in [2.24, 2.45) is 0 Å². The lowest BCUT2D eigenvalue weighted by Crippen LogP contribution is -2.01. The van der Waals surface area contributed by atoms with Gasteiger partial charge in [0.25, 0.3) is 0 Å². The van der Waals surface area contributed by atoms with Crippen molar-refractivity contribution in [2.45, 2.75) is 6.92 Å². The Balaban J connectivity index is 2.34. The van der Waals surface area contributed by atoms with Crippen molar-refractivity contribution in [3.8, 4) is 5.69 Å². The first-order valence-corrected chi connectivity index (χ1v) is 5.85. The number of nitrogens with zero attached hydrogens (tertiary/aromatic N) is 1. The Kier molecular flexibility index (Phi) is 2.23. The highest BCUT2D eigenvalue weighted by atomic mass is 16.1. The van der Waals surface area contributed by atoms with Gasteiger partial charge in [0, 0.05) is 11.8 Å². The highest BCUT2D eigenvalue weighted by Crippen LogP contribution is 2.22. The quantitative estimate of drug-likeness (QED) is 0.620. The molecule has 0 saturated heterocycles. The summed E-state index contributed by atoms with van der Waals surface area (Å²) in [5, 5.41) is 0.890. The molecule has 0 aliphatic rings. The van der Waals surface area contributed by atoms with E-state index in [2.05, 4.69) is 0 Å². The van der Waals surface area contributed by atoms with Crippen LogP contribution in [0.3, 0.4) is 0 Å². The Bertz CT molecular complexity index is 773. The summed E-state index contributed by atoms with van der Waals surface area (Å²) in [5.41, 5.74) is 2.44. The van der Waals surface area contributed by atoms with E-state index in [9.17, 15) is 4.79 Å². The summed E-state index contributed by atoms with van der Waals surface area (Å²) in [6, 6.07) is 15.7. The van der Waals surface area contributed by atoms with Crippen molar-refractivity contribution in [2.75, 3.05) is 0 Å². The van der Waals surface area contributed by atoms with Crippen molar-refractivity contribution < 1.29 is 6.17 Å². The van der Waals surface area contributed by atoms with Gasteiger partial charge in [-0.1, -0.05) is 30.3 Å². The van der Waals surface area contributed by atoms with Gasteiger partial charge in [-0.25, -0.2) is 0 Å². The molecule has 18 heavy (non-hydrogen) atoms. The van der Waals surface area contributed by atoms with Gasteiger partial charge < -0.3 is 4.57 Å². The van der Waals surface area contributed by atoms with Gasteiger partial charge in [0.05, 0.1) is 12.6 Å². The molecule has 0 radical (unpaired) electrons. The van der Waals surface area contributed by atoms with Gasteiger partial charge >= 0.3 is 0 Å². The molecule has 88 valence electrons. The lowest BCUT2D eigenvalue weighted by molar-refractivity contribution is 0.101. The van der Waals surface area contributed by atoms with Crippen molar-refractivity contribution >= 4 is 16.7 Å². The minimum atomic E-state index is 0.0277. The van der Waals surface area contributed by atoms with Gasteiger partial charge in [-0.05, 0) is 36.6 Å². The summed E-state index contributed by atoms with van der Waals surface area (Å²) in [6.45, 7) is 1.56. The Morgan fingerprint density at radius 3 is 2.67 bits per heavy atom. The lowest BCUT2D eigenvalue weighted by atomic mass is 10.1. The third-order valence-corrected chi connectivity index (χ3v) is 3.06. The minimum Gasteiger partial charge on any atom is -0.316 e. The third kappa shape index (κ3) is 1.63. The molecule has 0 atom stereocenters. The summed E-state index contributed by atoms with van der Waals surface area (Å²) in [7, 11) is 0. The van der Waals surface area contributed by atoms with Crippen LogP contribution in [0.2, 0.25) is 0 Å². The fourth-order valence-corrected chi connectivity index (χ4v) is 2.19. The molecule has 3 aromatic rings. The van der Waals surface area contributed by atoms with E-state index in [1.165, 1.54) is 0 Å². The maximum Gasteiger partial charge on any atom is 0.161 e. The van der Waals surface area contributed by atoms with Crippen LogP contribution in [0.4, 0.5) is 0 Å². The Morgan fingerprint density at radius 1 is 1.11 bits per heavy atom. The Labute approximate surface area is 107 Å². The van der Waals surface area contributed by atoms with Gasteiger partial charge in [-0.15, -0.1) is 0 Å². The monoisotopic (exact) mass is 236 g/mol. The predicted octanol–water partition coefficient (Wildman–Crippen LogP) is 3.83. The van der Waals surface area contributed by atoms with E-state index < -0.39 is 0 Å². The average molecular weight is 236 g/mol. The number of Topliss-reactive ketones (excluding diaryl/α,β-unsaturated/α-hetero) is 1. The second-order valence-electron chi connectivity index (χ2n) is 4.23. The van der Waals surface area contributed by atoms with E-state index in [1.807, 2.05) is 53.1 Å². The van der Waals surface area contributed by atoms with Crippen LogP contribution in [0.25, 0.3) is 16.6 Å². The van der Waals surface area contributed by atoms with Crippen LogP contribution in [0.1, 0.15) is 18.7 Å². The zero-order valence-electron chi connectivity index (χ0n) is 11.1. The zero-order chi connectivity index (χ0) is 13.4. The van der Waals surface area contributed by atoms with E-state index in [0.717, 1.165) is 16.6 Å². The number of aromatic nitrogens is 1. The van der Waals surface area contributed by atoms with Crippen LogP contribution in [0, 0.1) is 0 Å². The van der Waals surface area contributed by atoms with E-state index in [0.29, 0.717) is 11.6 Å². The number of hydrogen-bond donors (Lipinski definition) is 0. The normalized spacial score (nSPS) is 11.5. The Hall–Kier alpha value is -2.35. The molecule has 2 aromatic carbocycles. The highest BCUT2D eigenvalue weighted by Gasteiger charge is 2.09. The van der Waals surface area contributed by atoms with E-state index in [-0.39, 0.29) is 5.78 Å². The largest absolute Gasteiger partial charge is 0.316 e. The summed E-state index contributed by atoms with van der Waals surface area (Å²) < 4.78 is 9.92. The standard InChI is InChI=1S/C16H13NO/c1-12(18)14-7-3-5-9-16(14)17-11-10-13-6-2-4-8-15(13)17/h2-11H,1H3/i10D. The van der Waals surface area contributed by atoms with Gasteiger partial charge in [0.1, 0.15) is 0 Å². The summed E-state index contributed by atoms with van der Waals surface area (Å²) in [6.07, 6.45) is 1.76. The molecule has 1 aromatic heterocycles. The molecule has 3 rings (SSSR count). The van der Waals surface area contributed by atoms with Crippen molar-refractivity contribution in [1.29, 1.82) is 0 Å². The third-order valence-electron chi connectivity index (χ3n) is 3.06. The first kappa shape index (κ1) is 9.66. The summed E-state index contributed by atoms with van der Waals surface area (Å²) >= 11 is 0. The van der Waals surface area contributed by atoms with Crippen LogP contribution in [-0.2, 0) is 0 Å². The fourth-order valence-electron chi connectivity index (χ4n) is 2.19. The second-order valence-corrected chi connectivity index (χ2v) is 4.23. The molecule has 1 heterocycles. The van der Waals surface area contributed by atoms with Crippen LogP contribution in [0.5, 0.6) is 0 Å². The van der Waals surface area contributed by atoms with Crippen LogP contribution in [-0.4, -0.2) is 10.4 Å². The van der Waals surface area contributed by atoms with Crippen molar-refractivity contribution in [1.82, 2.24) is 4.57 Å². The molecule has 0 saturated carbocycles. The number of para-hydroxylation sites is 2. The SMILES string of the molecule is [2H]c1cn(-c2ccccc2C(C)=O)c2ccccc12. The van der Waals surface area contributed by atoms with E-state index >= 15 is 0 Å². The molecular weight excluding hydrogens is 222 g/mol. The first-order chi connectivity index (χ1) is 9.18. The molecule has 0 aliphatic heterocycles. The predicted molar refractivity (Wildman–Crippen MR) is 73.3 cm³/mol. The van der Waals surface area contributed by atoms with Gasteiger partial charge in [-0.2, -0.15) is 0 Å². The lowest BCUT2D eigenvalue weighted by Gasteiger charge is -2.09. The zero-order valence-corrected chi connectivity index (χ0v) is 10.1. The number of benzene rings is 2. The molecule has 0 fully saturated rings. The minimum absolute atomic E-state index is 0.0277. The van der Waals surface area contributed by atoms with Gasteiger partial charge in [0.2, 0.25) is 0 Å². The van der Waals surface area contributed by atoms with E-state index in [1.54, 1.807) is 13.1 Å². The highest BCUT2D eigenvalue weighted by molar-refractivity contribution is 5.98. The summed E-state index contributed by atoms with van der Waals surface area (Å²) in [4.78, 5) is 11.7. The van der Waals surface area contributed by atoms with Crippen LogP contribution in [0.15, 0.2) is 60.8 Å². The number of carbonyl (C=O) groups is 1. The molecule has 2 heteroatoms. The molecule has 0 N–H and O–H groups in total. The molecule has 2 nitrogen and oxygen atoms in total. The molecule has 0 bridgehead atoms.